The number of morpholine rings is 1. The SMILES string of the molecule is CCOC(=O)c1cc2ccc(CN3CCOCC3)cc2n1S(=O)(=O)c1ccccc1. The predicted molar refractivity (Wildman–Crippen MR) is 113 cm³/mol. The summed E-state index contributed by atoms with van der Waals surface area (Å²) in [6.07, 6.45) is 0. The van der Waals surface area contributed by atoms with E-state index in [0.717, 1.165) is 22.6 Å². The van der Waals surface area contributed by atoms with Gasteiger partial charge in [-0.1, -0.05) is 30.3 Å². The van der Waals surface area contributed by atoms with Gasteiger partial charge in [0.1, 0.15) is 5.69 Å². The van der Waals surface area contributed by atoms with Crippen molar-refractivity contribution in [3.63, 3.8) is 0 Å². The van der Waals surface area contributed by atoms with Gasteiger partial charge in [-0.05, 0) is 36.8 Å². The molecule has 1 aliphatic rings. The first-order chi connectivity index (χ1) is 14.5. The lowest BCUT2D eigenvalue weighted by molar-refractivity contribution is 0.0342. The van der Waals surface area contributed by atoms with E-state index in [0.29, 0.717) is 30.7 Å². The van der Waals surface area contributed by atoms with Crippen LogP contribution in [-0.2, 0) is 26.0 Å². The Bertz CT molecular complexity index is 1150. The number of carbonyl (C=O) groups excluding carboxylic acids is 1. The molecular weight excluding hydrogens is 404 g/mol. The second kappa shape index (κ2) is 8.59. The third-order valence-corrected chi connectivity index (χ3v) is 6.84. The Balaban J connectivity index is 1.84. The first kappa shape index (κ1) is 20.6. The van der Waals surface area contributed by atoms with E-state index in [4.69, 9.17) is 9.47 Å². The van der Waals surface area contributed by atoms with Crippen molar-refractivity contribution in [2.75, 3.05) is 32.9 Å². The molecule has 0 N–H and O–H groups in total. The van der Waals surface area contributed by atoms with Crippen molar-refractivity contribution in [1.29, 1.82) is 0 Å². The van der Waals surface area contributed by atoms with Gasteiger partial charge < -0.3 is 9.47 Å². The minimum absolute atomic E-state index is 0.000717. The normalized spacial score (nSPS) is 15.4. The van der Waals surface area contributed by atoms with Crippen LogP contribution in [-0.4, -0.2) is 56.2 Å². The van der Waals surface area contributed by atoms with Gasteiger partial charge in [0.2, 0.25) is 0 Å². The highest BCUT2D eigenvalue weighted by molar-refractivity contribution is 7.90. The molecule has 1 aliphatic heterocycles. The van der Waals surface area contributed by atoms with Crippen LogP contribution in [0.15, 0.2) is 59.5 Å². The van der Waals surface area contributed by atoms with E-state index < -0.39 is 16.0 Å². The standard InChI is InChI=1S/C22H24N2O5S/c1-2-29-22(25)21-15-18-9-8-17(16-23-10-12-28-13-11-23)14-20(18)24(21)30(26,27)19-6-4-3-5-7-19/h3-9,14-15H,2,10-13,16H2,1H3. The van der Waals surface area contributed by atoms with E-state index in [2.05, 4.69) is 4.90 Å². The molecule has 1 aromatic heterocycles. The number of esters is 1. The molecule has 3 aromatic rings. The molecule has 7 nitrogen and oxygen atoms in total. The Morgan fingerprint density at radius 2 is 1.80 bits per heavy atom. The number of hydrogen-bond acceptors (Lipinski definition) is 6. The number of hydrogen-bond donors (Lipinski definition) is 0. The zero-order chi connectivity index (χ0) is 21.1. The number of ether oxygens (including phenoxy) is 2. The second-order valence-electron chi connectivity index (χ2n) is 7.11. The summed E-state index contributed by atoms with van der Waals surface area (Å²) >= 11 is 0. The average molecular weight is 429 g/mol. The fraction of sp³-hybridized carbons (Fsp3) is 0.318. The summed E-state index contributed by atoms with van der Waals surface area (Å²) < 4.78 is 38.6. The summed E-state index contributed by atoms with van der Waals surface area (Å²) in [7, 11) is -3.98. The lowest BCUT2D eigenvalue weighted by Gasteiger charge is -2.26. The number of rotatable bonds is 6. The predicted octanol–water partition coefficient (Wildman–Crippen LogP) is 2.89. The second-order valence-corrected chi connectivity index (χ2v) is 8.90. The van der Waals surface area contributed by atoms with Crippen LogP contribution in [0.25, 0.3) is 10.9 Å². The van der Waals surface area contributed by atoms with Gasteiger partial charge in [-0.2, -0.15) is 0 Å². The van der Waals surface area contributed by atoms with Crippen LogP contribution < -0.4 is 0 Å². The Labute approximate surface area is 175 Å². The van der Waals surface area contributed by atoms with Crippen molar-refractivity contribution in [2.45, 2.75) is 18.4 Å². The fourth-order valence-electron chi connectivity index (χ4n) is 3.64. The van der Waals surface area contributed by atoms with E-state index in [1.807, 2.05) is 18.2 Å². The molecule has 8 heteroatoms. The van der Waals surface area contributed by atoms with Gasteiger partial charge in [-0.25, -0.2) is 17.2 Å². The van der Waals surface area contributed by atoms with E-state index in [1.165, 1.54) is 12.1 Å². The first-order valence-corrected chi connectivity index (χ1v) is 11.4. The molecule has 1 saturated heterocycles. The molecule has 2 heterocycles. The average Bonchev–Trinajstić information content (AvgIpc) is 3.15. The minimum atomic E-state index is -3.98. The van der Waals surface area contributed by atoms with Gasteiger partial charge in [-0.3, -0.25) is 4.90 Å². The maximum Gasteiger partial charge on any atom is 0.356 e. The summed E-state index contributed by atoms with van der Waals surface area (Å²) in [5.41, 5.74) is 1.44. The molecule has 1 fully saturated rings. The Morgan fingerprint density at radius 1 is 1.07 bits per heavy atom. The number of fused-ring (bicyclic) bond motifs is 1. The van der Waals surface area contributed by atoms with Crippen molar-refractivity contribution in [1.82, 2.24) is 8.87 Å². The third kappa shape index (κ3) is 3.98. The first-order valence-electron chi connectivity index (χ1n) is 9.93. The fourth-order valence-corrected chi connectivity index (χ4v) is 5.16. The Kier molecular flexibility index (Phi) is 5.90. The number of carbonyl (C=O) groups is 1. The monoisotopic (exact) mass is 428 g/mol. The topological polar surface area (TPSA) is 77.8 Å². The van der Waals surface area contributed by atoms with Crippen molar-refractivity contribution >= 4 is 26.9 Å². The summed E-state index contributed by atoms with van der Waals surface area (Å²) in [5.74, 6) is -0.664. The molecule has 158 valence electrons. The maximum atomic E-state index is 13.5. The molecule has 0 atom stereocenters. The molecule has 0 amide bonds. The molecule has 2 aromatic carbocycles. The molecule has 0 bridgehead atoms. The Morgan fingerprint density at radius 3 is 2.50 bits per heavy atom. The maximum absolute atomic E-state index is 13.5. The van der Waals surface area contributed by atoms with Crippen molar-refractivity contribution in [2.24, 2.45) is 0 Å². The summed E-state index contributed by atoms with van der Waals surface area (Å²) in [5, 5.41) is 0.670. The lowest BCUT2D eigenvalue weighted by Crippen LogP contribution is -2.35. The number of benzene rings is 2. The highest BCUT2D eigenvalue weighted by atomic mass is 32.2. The quantitative estimate of drug-likeness (QED) is 0.562. The zero-order valence-electron chi connectivity index (χ0n) is 16.8. The van der Waals surface area contributed by atoms with Crippen LogP contribution in [0.5, 0.6) is 0 Å². The highest BCUT2D eigenvalue weighted by Crippen LogP contribution is 2.28. The van der Waals surface area contributed by atoms with Crippen LogP contribution in [0.2, 0.25) is 0 Å². The molecule has 0 radical (unpaired) electrons. The third-order valence-electron chi connectivity index (χ3n) is 5.10. The molecule has 0 unspecified atom stereocenters. The van der Waals surface area contributed by atoms with Crippen molar-refractivity contribution in [3.8, 4) is 0 Å². The van der Waals surface area contributed by atoms with E-state index in [9.17, 15) is 13.2 Å². The van der Waals surface area contributed by atoms with Crippen LogP contribution in [0.4, 0.5) is 0 Å². The van der Waals surface area contributed by atoms with Gasteiger partial charge in [0.05, 0.1) is 30.2 Å². The van der Waals surface area contributed by atoms with Gasteiger partial charge in [0.25, 0.3) is 10.0 Å². The van der Waals surface area contributed by atoms with Gasteiger partial charge in [-0.15, -0.1) is 0 Å². The van der Waals surface area contributed by atoms with Crippen LogP contribution >= 0.6 is 0 Å². The van der Waals surface area contributed by atoms with Crippen LogP contribution in [0, 0.1) is 0 Å². The van der Waals surface area contributed by atoms with Gasteiger partial charge in [0, 0.05) is 25.0 Å². The molecule has 0 aliphatic carbocycles. The van der Waals surface area contributed by atoms with Crippen molar-refractivity contribution in [3.05, 3.63) is 65.9 Å². The molecule has 30 heavy (non-hydrogen) atoms. The molecule has 0 saturated carbocycles. The zero-order valence-corrected chi connectivity index (χ0v) is 17.6. The summed E-state index contributed by atoms with van der Waals surface area (Å²) in [4.78, 5) is 15.0. The minimum Gasteiger partial charge on any atom is -0.461 e. The number of aromatic nitrogens is 1. The lowest BCUT2D eigenvalue weighted by atomic mass is 10.1. The van der Waals surface area contributed by atoms with Gasteiger partial charge in [0.15, 0.2) is 0 Å². The Hall–Kier alpha value is -2.68. The largest absolute Gasteiger partial charge is 0.461 e. The van der Waals surface area contributed by atoms with E-state index in [-0.39, 0.29) is 17.2 Å². The van der Waals surface area contributed by atoms with Crippen LogP contribution in [0.3, 0.4) is 0 Å². The molecule has 4 rings (SSSR count). The van der Waals surface area contributed by atoms with Gasteiger partial charge >= 0.3 is 5.97 Å². The van der Waals surface area contributed by atoms with E-state index >= 15 is 0 Å². The molecule has 0 spiro atoms. The summed E-state index contributed by atoms with van der Waals surface area (Å²) in [6, 6.07) is 15.3. The van der Waals surface area contributed by atoms with Crippen molar-refractivity contribution < 1.29 is 22.7 Å². The van der Waals surface area contributed by atoms with E-state index in [1.54, 1.807) is 31.2 Å². The highest BCUT2D eigenvalue weighted by Gasteiger charge is 2.27. The molecular formula is C22H24N2O5S. The van der Waals surface area contributed by atoms with Crippen LogP contribution in [0.1, 0.15) is 23.0 Å². The smallest absolute Gasteiger partial charge is 0.356 e. The number of nitrogens with zero attached hydrogens (tertiary/aromatic N) is 2. The summed E-state index contributed by atoms with van der Waals surface area (Å²) in [6.45, 7) is 5.57.